The summed E-state index contributed by atoms with van der Waals surface area (Å²) >= 11 is 0. The Hall–Kier alpha value is -0.840. The van der Waals surface area contributed by atoms with Gasteiger partial charge in [0.25, 0.3) is 0 Å². The number of carbonyl (C=O) groups excluding carboxylic acids is 1. The molecule has 0 aromatic carbocycles. The molecule has 2 aliphatic carbocycles. The van der Waals surface area contributed by atoms with E-state index in [-0.39, 0.29) is 22.5 Å². The number of rotatable bonds is 4. The second kappa shape index (κ2) is 3.07. The molecule has 0 radical (unpaired) electrons. The molecule has 5 heteroatoms. The largest absolute Gasteiger partial charge is 0.274 e. The molecule has 0 spiro atoms. The molecule has 2 saturated carbocycles. The van der Waals surface area contributed by atoms with Gasteiger partial charge in [0, 0.05) is 5.92 Å². The van der Waals surface area contributed by atoms with Gasteiger partial charge in [-0.1, -0.05) is 13.0 Å². The van der Waals surface area contributed by atoms with Gasteiger partial charge in [-0.05, 0) is 24.7 Å². The van der Waals surface area contributed by atoms with Gasteiger partial charge in [0.1, 0.15) is 0 Å². The van der Waals surface area contributed by atoms with E-state index < -0.39 is 10.0 Å². The number of nitrogens with one attached hydrogen (secondary N) is 1. The van der Waals surface area contributed by atoms with Crippen molar-refractivity contribution in [1.82, 2.24) is 4.72 Å². The van der Waals surface area contributed by atoms with E-state index in [4.69, 9.17) is 0 Å². The summed E-state index contributed by atoms with van der Waals surface area (Å²) in [4.78, 5) is 11.6. The van der Waals surface area contributed by atoms with Crippen molar-refractivity contribution in [1.29, 1.82) is 0 Å². The van der Waals surface area contributed by atoms with Gasteiger partial charge in [0.2, 0.25) is 15.9 Å². The summed E-state index contributed by atoms with van der Waals surface area (Å²) in [6, 6.07) is 0. The molecule has 0 aromatic rings. The summed E-state index contributed by atoms with van der Waals surface area (Å²) in [7, 11) is -3.38. The highest BCUT2D eigenvalue weighted by molar-refractivity contribution is 7.90. The zero-order chi connectivity index (χ0) is 11.3. The molecule has 4 nitrogen and oxygen atoms in total. The minimum Gasteiger partial charge on any atom is -0.274 e. The van der Waals surface area contributed by atoms with Crippen molar-refractivity contribution in [2.75, 3.05) is 0 Å². The van der Waals surface area contributed by atoms with Crippen LogP contribution in [0.3, 0.4) is 0 Å². The Bertz CT molecular complexity index is 410. The van der Waals surface area contributed by atoms with Crippen LogP contribution in [-0.2, 0) is 14.8 Å². The zero-order valence-corrected chi connectivity index (χ0v) is 9.51. The molecule has 0 saturated heterocycles. The fourth-order valence-corrected chi connectivity index (χ4v) is 3.02. The predicted octanol–water partition coefficient (Wildman–Crippen LogP) is 0.807. The number of sulfonamides is 1. The first kappa shape index (κ1) is 10.7. The zero-order valence-electron chi connectivity index (χ0n) is 8.69. The number of amides is 1. The van der Waals surface area contributed by atoms with Gasteiger partial charge in [-0.25, -0.2) is 8.42 Å². The number of hydrogen-bond acceptors (Lipinski definition) is 3. The molecule has 0 unspecified atom stereocenters. The first-order chi connectivity index (χ1) is 6.89. The normalized spacial score (nSPS) is 34.6. The molecule has 0 heterocycles. The third-order valence-electron chi connectivity index (χ3n) is 3.27. The topological polar surface area (TPSA) is 63.2 Å². The van der Waals surface area contributed by atoms with Crippen LogP contribution in [-0.4, -0.2) is 19.6 Å². The molecule has 2 atom stereocenters. The van der Waals surface area contributed by atoms with Crippen LogP contribution in [0.2, 0.25) is 0 Å². The number of allylic oxidation sites excluding steroid dienone is 1. The Morgan fingerprint density at radius 3 is 2.53 bits per heavy atom. The summed E-state index contributed by atoms with van der Waals surface area (Å²) in [6.07, 6.45) is 3.77. The first-order valence-corrected chi connectivity index (χ1v) is 6.63. The van der Waals surface area contributed by atoms with Crippen molar-refractivity contribution in [2.24, 2.45) is 11.3 Å². The van der Waals surface area contributed by atoms with Gasteiger partial charge in [0.05, 0.1) is 5.25 Å². The standard InChI is InChI=1S/C10H15NO3S/c1-3-10(2)6-8(10)9(12)11-15(13,14)7-4-5-7/h3,7-8H,1,4-6H2,2H3,(H,11,12)/t8-,10-/m1/s1. The SMILES string of the molecule is C=C[C@]1(C)C[C@@H]1C(=O)NS(=O)(=O)C1CC1. The maximum absolute atomic E-state index is 11.6. The lowest BCUT2D eigenvalue weighted by atomic mass is 10.1. The van der Waals surface area contributed by atoms with Crippen LogP contribution in [0.4, 0.5) is 0 Å². The smallest absolute Gasteiger partial charge is 0.237 e. The van der Waals surface area contributed by atoms with Crippen molar-refractivity contribution in [3.8, 4) is 0 Å². The van der Waals surface area contributed by atoms with Gasteiger partial charge in [-0.15, -0.1) is 6.58 Å². The second-order valence-electron chi connectivity index (χ2n) is 4.68. The molecule has 0 aromatic heterocycles. The summed E-state index contributed by atoms with van der Waals surface area (Å²) < 4.78 is 25.1. The van der Waals surface area contributed by atoms with Crippen molar-refractivity contribution in [2.45, 2.75) is 31.4 Å². The van der Waals surface area contributed by atoms with E-state index in [9.17, 15) is 13.2 Å². The van der Waals surface area contributed by atoms with Crippen molar-refractivity contribution in [3.05, 3.63) is 12.7 Å². The highest BCUT2D eigenvalue weighted by atomic mass is 32.2. The third kappa shape index (κ3) is 1.93. The lowest BCUT2D eigenvalue weighted by molar-refractivity contribution is -0.121. The molecule has 0 bridgehead atoms. The van der Waals surface area contributed by atoms with E-state index in [0.717, 1.165) is 0 Å². The lowest BCUT2D eigenvalue weighted by Gasteiger charge is -2.06. The Morgan fingerprint density at radius 2 is 2.13 bits per heavy atom. The van der Waals surface area contributed by atoms with Crippen LogP contribution in [0.15, 0.2) is 12.7 Å². The van der Waals surface area contributed by atoms with E-state index in [1.54, 1.807) is 6.08 Å². The number of carbonyl (C=O) groups is 1. The highest BCUT2D eigenvalue weighted by Gasteiger charge is 2.53. The molecule has 15 heavy (non-hydrogen) atoms. The molecular weight excluding hydrogens is 214 g/mol. The quantitative estimate of drug-likeness (QED) is 0.725. The van der Waals surface area contributed by atoms with Gasteiger partial charge < -0.3 is 0 Å². The third-order valence-corrected chi connectivity index (χ3v) is 5.10. The first-order valence-electron chi connectivity index (χ1n) is 5.08. The van der Waals surface area contributed by atoms with Crippen LogP contribution < -0.4 is 4.72 Å². The predicted molar refractivity (Wildman–Crippen MR) is 56.5 cm³/mol. The lowest BCUT2D eigenvalue weighted by Crippen LogP contribution is -2.35. The average molecular weight is 229 g/mol. The summed E-state index contributed by atoms with van der Waals surface area (Å²) in [5.74, 6) is -0.590. The van der Waals surface area contributed by atoms with E-state index in [2.05, 4.69) is 11.3 Å². The molecule has 2 aliphatic rings. The van der Waals surface area contributed by atoms with E-state index in [1.165, 1.54) is 0 Å². The van der Waals surface area contributed by atoms with Crippen LogP contribution >= 0.6 is 0 Å². The Balaban J connectivity index is 1.97. The van der Waals surface area contributed by atoms with E-state index >= 15 is 0 Å². The summed E-state index contributed by atoms with van der Waals surface area (Å²) in [5.41, 5.74) is -0.205. The fraction of sp³-hybridized carbons (Fsp3) is 0.700. The summed E-state index contributed by atoms with van der Waals surface area (Å²) in [6.45, 7) is 5.55. The highest BCUT2D eigenvalue weighted by Crippen LogP contribution is 2.53. The molecule has 0 aliphatic heterocycles. The van der Waals surface area contributed by atoms with Crippen molar-refractivity contribution in [3.63, 3.8) is 0 Å². The second-order valence-corrected chi connectivity index (χ2v) is 6.64. The average Bonchev–Trinajstić information content (AvgIpc) is 2.97. The molecule has 1 amide bonds. The molecule has 2 fully saturated rings. The number of hydrogen-bond donors (Lipinski definition) is 1. The van der Waals surface area contributed by atoms with Gasteiger partial charge in [0.15, 0.2) is 0 Å². The van der Waals surface area contributed by atoms with Crippen LogP contribution in [0.5, 0.6) is 0 Å². The van der Waals surface area contributed by atoms with Gasteiger partial charge in [-0.3, -0.25) is 9.52 Å². The van der Waals surface area contributed by atoms with Crippen LogP contribution in [0, 0.1) is 11.3 Å². The molecule has 84 valence electrons. The van der Waals surface area contributed by atoms with Gasteiger partial charge >= 0.3 is 0 Å². The molecular formula is C10H15NO3S. The van der Waals surface area contributed by atoms with E-state index in [0.29, 0.717) is 19.3 Å². The van der Waals surface area contributed by atoms with Gasteiger partial charge in [-0.2, -0.15) is 0 Å². The molecule has 1 N–H and O–H groups in total. The monoisotopic (exact) mass is 229 g/mol. The van der Waals surface area contributed by atoms with Crippen LogP contribution in [0.25, 0.3) is 0 Å². The maximum atomic E-state index is 11.6. The van der Waals surface area contributed by atoms with Crippen LogP contribution in [0.1, 0.15) is 26.2 Å². The summed E-state index contributed by atoms with van der Waals surface area (Å²) in [5, 5.41) is -0.338. The minimum absolute atomic E-state index is 0.205. The Kier molecular flexibility index (Phi) is 2.19. The van der Waals surface area contributed by atoms with Crippen molar-refractivity contribution >= 4 is 15.9 Å². The Morgan fingerprint density at radius 1 is 1.53 bits per heavy atom. The molecule has 2 rings (SSSR count). The maximum Gasteiger partial charge on any atom is 0.237 e. The Labute approximate surface area is 89.8 Å². The minimum atomic E-state index is -3.38. The fourth-order valence-electron chi connectivity index (χ4n) is 1.67. The van der Waals surface area contributed by atoms with Crippen molar-refractivity contribution < 1.29 is 13.2 Å². The van der Waals surface area contributed by atoms with E-state index in [1.807, 2.05) is 6.92 Å².